The number of ether oxygens (including phenoxy) is 1. The average Bonchev–Trinajstić information content (AvgIpc) is 2.22. The molecule has 0 bridgehead atoms. The summed E-state index contributed by atoms with van der Waals surface area (Å²) < 4.78 is 5.04. The predicted molar refractivity (Wildman–Crippen MR) is 63.6 cm³/mol. The largest absolute Gasteiger partial charge is 0.495 e. The van der Waals surface area contributed by atoms with E-state index < -0.39 is 0 Å². The standard InChI is InChI=1S/C10H14Cl2N2O/c1-15-8-3-2-6(7(14)4-5-13)9(11)10(8)12/h2-3,7H,4-5,13-14H2,1H3. The zero-order valence-corrected chi connectivity index (χ0v) is 9.98. The molecule has 0 aliphatic carbocycles. The molecule has 0 heterocycles. The number of benzene rings is 1. The zero-order valence-electron chi connectivity index (χ0n) is 8.47. The van der Waals surface area contributed by atoms with Crippen molar-refractivity contribution in [3.63, 3.8) is 0 Å². The quantitative estimate of drug-likeness (QED) is 0.860. The lowest BCUT2D eigenvalue weighted by Gasteiger charge is -2.15. The van der Waals surface area contributed by atoms with Crippen LogP contribution in [0.5, 0.6) is 5.75 Å². The van der Waals surface area contributed by atoms with Gasteiger partial charge in [-0.05, 0) is 24.6 Å². The molecule has 0 saturated heterocycles. The summed E-state index contributed by atoms with van der Waals surface area (Å²) in [4.78, 5) is 0. The van der Waals surface area contributed by atoms with Crippen molar-refractivity contribution in [1.82, 2.24) is 0 Å². The summed E-state index contributed by atoms with van der Waals surface area (Å²) in [6.45, 7) is 0.515. The third kappa shape index (κ3) is 2.75. The molecule has 3 nitrogen and oxygen atoms in total. The van der Waals surface area contributed by atoms with Crippen LogP contribution in [0, 0.1) is 0 Å². The van der Waals surface area contributed by atoms with Crippen LogP contribution in [0.15, 0.2) is 12.1 Å². The second-order valence-electron chi connectivity index (χ2n) is 3.17. The highest BCUT2D eigenvalue weighted by Crippen LogP contribution is 2.36. The maximum Gasteiger partial charge on any atom is 0.139 e. The van der Waals surface area contributed by atoms with Crippen molar-refractivity contribution in [2.75, 3.05) is 13.7 Å². The minimum absolute atomic E-state index is 0.189. The van der Waals surface area contributed by atoms with Crippen molar-refractivity contribution in [3.8, 4) is 5.75 Å². The molecule has 1 unspecified atom stereocenters. The maximum atomic E-state index is 6.07. The number of hydrogen-bond acceptors (Lipinski definition) is 3. The molecule has 1 aromatic carbocycles. The molecular formula is C10H14Cl2N2O. The van der Waals surface area contributed by atoms with Crippen molar-refractivity contribution in [2.45, 2.75) is 12.5 Å². The second-order valence-corrected chi connectivity index (χ2v) is 3.92. The molecule has 5 heteroatoms. The maximum absolute atomic E-state index is 6.07. The predicted octanol–water partition coefficient (Wildman–Crippen LogP) is 2.35. The molecule has 0 amide bonds. The minimum Gasteiger partial charge on any atom is -0.495 e. The third-order valence-corrected chi connectivity index (χ3v) is 3.05. The summed E-state index contributed by atoms with van der Waals surface area (Å²) in [6.07, 6.45) is 0.669. The van der Waals surface area contributed by atoms with Crippen molar-refractivity contribution in [3.05, 3.63) is 27.7 Å². The number of methoxy groups -OCH3 is 1. The molecule has 4 N–H and O–H groups in total. The van der Waals surface area contributed by atoms with Crippen molar-refractivity contribution >= 4 is 23.2 Å². The van der Waals surface area contributed by atoms with E-state index in [1.54, 1.807) is 6.07 Å². The van der Waals surface area contributed by atoms with Crippen LogP contribution < -0.4 is 16.2 Å². The molecule has 0 aliphatic rings. The van der Waals surface area contributed by atoms with Gasteiger partial charge in [-0.1, -0.05) is 29.3 Å². The first-order valence-corrected chi connectivity index (χ1v) is 5.35. The Morgan fingerprint density at radius 1 is 1.33 bits per heavy atom. The Bertz CT molecular complexity index is 344. The normalized spacial score (nSPS) is 12.6. The van der Waals surface area contributed by atoms with E-state index in [0.717, 1.165) is 5.56 Å². The molecule has 0 radical (unpaired) electrons. The van der Waals surface area contributed by atoms with Crippen LogP contribution in [0.4, 0.5) is 0 Å². The first kappa shape index (κ1) is 12.6. The molecule has 1 aromatic rings. The van der Waals surface area contributed by atoms with Crippen LogP contribution in [0.25, 0.3) is 0 Å². The fourth-order valence-corrected chi connectivity index (χ4v) is 1.87. The van der Waals surface area contributed by atoms with Gasteiger partial charge in [-0.15, -0.1) is 0 Å². The van der Waals surface area contributed by atoms with Crippen LogP contribution in [-0.4, -0.2) is 13.7 Å². The summed E-state index contributed by atoms with van der Waals surface area (Å²) in [7, 11) is 1.54. The van der Waals surface area contributed by atoms with E-state index in [2.05, 4.69) is 0 Å². The second kappa shape index (κ2) is 5.56. The molecule has 0 saturated carbocycles. The Balaban J connectivity index is 3.06. The lowest BCUT2D eigenvalue weighted by Crippen LogP contribution is -2.15. The molecule has 0 aliphatic heterocycles. The molecule has 1 atom stereocenters. The Hall–Kier alpha value is -0.480. The van der Waals surface area contributed by atoms with Crippen LogP contribution in [-0.2, 0) is 0 Å². The topological polar surface area (TPSA) is 61.3 Å². The van der Waals surface area contributed by atoms with Crippen molar-refractivity contribution in [1.29, 1.82) is 0 Å². The number of hydrogen-bond donors (Lipinski definition) is 2. The van der Waals surface area contributed by atoms with Gasteiger partial charge in [0.25, 0.3) is 0 Å². The molecule has 0 fully saturated rings. The van der Waals surface area contributed by atoms with Crippen molar-refractivity contribution in [2.24, 2.45) is 11.5 Å². The zero-order chi connectivity index (χ0) is 11.4. The van der Waals surface area contributed by atoms with Gasteiger partial charge in [0.1, 0.15) is 10.8 Å². The van der Waals surface area contributed by atoms with E-state index in [-0.39, 0.29) is 6.04 Å². The van der Waals surface area contributed by atoms with Gasteiger partial charge in [0.2, 0.25) is 0 Å². The summed E-state index contributed by atoms with van der Waals surface area (Å²) >= 11 is 12.1. The Kier molecular flexibility index (Phi) is 4.67. The third-order valence-electron chi connectivity index (χ3n) is 2.17. The van der Waals surface area contributed by atoms with Gasteiger partial charge in [0, 0.05) is 6.04 Å². The van der Waals surface area contributed by atoms with Crippen LogP contribution in [0.1, 0.15) is 18.0 Å². The number of halogens is 2. The van der Waals surface area contributed by atoms with Gasteiger partial charge >= 0.3 is 0 Å². The average molecular weight is 249 g/mol. The highest BCUT2D eigenvalue weighted by molar-refractivity contribution is 6.43. The van der Waals surface area contributed by atoms with Gasteiger partial charge in [-0.2, -0.15) is 0 Å². The van der Waals surface area contributed by atoms with E-state index in [9.17, 15) is 0 Å². The van der Waals surface area contributed by atoms with Gasteiger partial charge in [-0.3, -0.25) is 0 Å². The molecule has 84 valence electrons. The van der Waals surface area contributed by atoms with Crippen LogP contribution in [0.3, 0.4) is 0 Å². The smallest absolute Gasteiger partial charge is 0.139 e. The van der Waals surface area contributed by atoms with Gasteiger partial charge < -0.3 is 16.2 Å². The molecule has 15 heavy (non-hydrogen) atoms. The number of nitrogens with two attached hydrogens (primary N) is 2. The fourth-order valence-electron chi connectivity index (χ4n) is 1.33. The van der Waals surface area contributed by atoms with Crippen LogP contribution in [0.2, 0.25) is 10.0 Å². The summed E-state index contributed by atoms with van der Waals surface area (Å²) in [5.41, 5.74) is 12.1. The Morgan fingerprint density at radius 3 is 2.53 bits per heavy atom. The molecule has 1 rings (SSSR count). The highest BCUT2D eigenvalue weighted by Gasteiger charge is 2.14. The lowest BCUT2D eigenvalue weighted by molar-refractivity contribution is 0.414. The number of rotatable bonds is 4. The Labute approximate surface area is 99.3 Å². The van der Waals surface area contributed by atoms with Crippen LogP contribution >= 0.6 is 23.2 Å². The first-order valence-electron chi connectivity index (χ1n) is 4.59. The minimum atomic E-state index is -0.189. The first-order chi connectivity index (χ1) is 7.11. The van der Waals surface area contributed by atoms with Crippen molar-refractivity contribution < 1.29 is 4.74 Å². The van der Waals surface area contributed by atoms with Gasteiger partial charge in [-0.25, -0.2) is 0 Å². The SMILES string of the molecule is COc1ccc(C(N)CCN)c(Cl)c1Cl. The van der Waals surface area contributed by atoms with Gasteiger partial charge in [0.15, 0.2) is 0 Å². The van der Waals surface area contributed by atoms with E-state index in [1.165, 1.54) is 7.11 Å². The summed E-state index contributed by atoms with van der Waals surface area (Å²) in [5.74, 6) is 0.547. The molecule has 0 aromatic heterocycles. The molecule has 0 spiro atoms. The van der Waals surface area contributed by atoms with Gasteiger partial charge in [0.05, 0.1) is 12.1 Å². The summed E-state index contributed by atoms with van der Waals surface area (Å²) in [5, 5.41) is 0.834. The highest BCUT2D eigenvalue weighted by atomic mass is 35.5. The summed E-state index contributed by atoms with van der Waals surface area (Å²) in [6, 6.07) is 3.37. The van der Waals surface area contributed by atoms with E-state index in [4.69, 9.17) is 39.4 Å². The van der Waals surface area contributed by atoms with E-state index in [0.29, 0.717) is 28.8 Å². The lowest BCUT2D eigenvalue weighted by atomic mass is 10.0. The Morgan fingerprint density at radius 2 is 2.00 bits per heavy atom. The van der Waals surface area contributed by atoms with E-state index in [1.807, 2.05) is 6.07 Å². The molecular weight excluding hydrogens is 235 g/mol. The van der Waals surface area contributed by atoms with E-state index >= 15 is 0 Å². The fraction of sp³-hybridized carbons (Fsp3) is 0.400. The monoisotopic (exact) mass is 248 g/mol.